The third-order valence-corrected chi connectivity index (χ3v) is 3.09. The number of nitro groups is 1. The average Bonchev–Trinajstić information content (AvgIpc) is 2.75. The molecule has 1 aliphatic rings. The van der Waals surface area contributed by atoms with Crippen LogP contribution in [0.15, 0.2) is 18.2 Å². The van der Waals surface area contributed by atoms with Gasteiger partial charge in [0.05, 0.1) is 22.6 Å². The van der Waals surface area contributed by atoms with E-state index in [0.717, 1.165) is 6.07 Å². The molecule has 1 aromatic rings. The summed E-state index contributed by atoms with van der Waals surface area (Å²) >= 11 is 0. The van der Waals surface area contributed by atoms with Gasteiger partial charge in [-0.25, -0.2) is 0 Å². The number of nitrogens with one attached hydrogen (secondary N) is 1. The van der Waals surface area contributed by atoms with E-state index in [1.54, 1.807) is 0 Å². The summed E-state index contributed by atoms with van der Waals surface area (Å²) in [6.45, 7) is 2.76. The lowest BCUT2D eigenvalue weighted by Gasteiger charge is -2.23. The number of hydrogen-bond donors (Lipinski definition) is 2. The molecule has 0 bridgehead atoms. The van der Waals surface area contributed by atoms with Crippen LogP contribution < -0.4 is 5.32 Å². The average molecular weight is 266 g/mol. The zero-order chi connectivity index (χ0) is 14.0. The van der Waals surface area contributed by atoms with Crippen LogP contribution in [0.4, 0.5) is 5.69 Å². The van der Waals surface area contributed by atoms with Crippen molar-refractivity contribution in [3.8, 4) is 5.75 Å². The maximum Gasteiger partial charge on any atom is 0.311 e. The molecule has 2 rings (SSSR count). The van der Waals surface area contributed by atoms with Gasteiger partial charge in [-0.2, -0.15) is 0 Å². The molecular weight excluding hydrogens is 252 g/mol. The maximum atomic E-state index is 12.1. The van der Waals surface area contributed by atoms with Crippen LogP contribution in [0.25, 0.3) is 0 Å². The summed E-state index contributed by atoms with van der Waals surface area (Å²) in [5.41, 5.74) is -1.10. The van der Waals surface area contributed by atoms with Crippen molar-refractivity contribution >= 4 is 11.6 Å². The molecule has 1 heterocycles. The molecule has 19 heavy (non-hydrogen) atoms. The van der Waals surface area contributed by atoms with E-state index in [2.05, 4.69) is 5.32 Å². The fraction of sp³-hybridized carbons (Fsp3) is 0.417. The highest BCUT2D eigenvalue weighted by molar-refractivity contribution is 5.98. The van der Waals surface area contributed by atoms with Gasteiger partial charge in [0.1, 0.15) is 0 Å². The molecule has 1 amide bonds. The number of hydrogen-bond acceptors (Lipinski definition) is 5. The van der Waals surface area contributed by atoms with E-state index in [-0.39, 0.29) is 5.56 Å². The largest absolute Gasteiger partial charge is 0.502 e. The Morgan fingerprint density at radius 3 is 2.89 bits per heavy atom. The molecule has 7 heteroatoms. The number of ether oxygens (including phenoxy) is 1. The Morgan fingerprint density at radius 2 is 2.32 bits per heavy atom. The first-order valence-corrected chi connectivity index (χ1v) is 5.79. The normalized spacial score (nSPS) is 22.2. The van der Waals surface area contributed by atoms with E-state index in [9.17, 15) is 20.0 Å². The fourth-order valence-corrected chi connectivity index (χ4v) is 1.97. The first kappa shape index (κ1) is 13.3. The van der Waals surface area contributed by atoms with Crippen LogP contribution in [-0.4, -0.2) is 34.7 Å². The highest BCUT2D eigenvalue weighted by Gasteiger charge is 2.33. The second-order valence-electron chi connectivity index (χ2n) is 4.75. The molecular formula is C12H14N2O5. The predicted octanol–water partition coefficient (Wildman–Crippen LogP) is 1.21. The minimum atomic E-state index is -0.730. The van der Waals surface area contributed by atoms with Gasteiger partial charge in [0, 0.05) is 12.7 Å². The van der Waals surface area contributed by atoms with E-state index in [1.807, 2.05) is 6.92 Å². The van der Waals surface area contributed by atoms with Gasteiger partial charge in [-0.3, -0.25) is 14.9 Å². The highest BCUT2D eigenvalue weighted by Crippen LogP contribution is 2.30. The number of rotatable bonds is 3. The number of amides is 1. The molecule has 1 saturated heterocycles. The van der Waals surface area contributed by atoms with Crippen LogP contribution in [0.5, 0.6) is 5.75 Å². The Labute approximate surface area is 109 Å². The van der Waals surface area contributed by atoms with Crippen molar-refractivity contribution in [3.63, 3.8) is 0 Å². The SMILES string of the molecule is C[C@@]1(NC(=O)c2cccc([N+](=O)[O-])c2O)CCOC1. The molecule has 0 aromatic heterocycles. The third-order valence-electron chi connectivity index (χ3n) is 3.09. The minimum Gasteiger partial charge on any atom is -0.502 e. The van der Waals surface area contributed by atoms with Crippen molar-refractivity contribution in [2.75, 3.05) is 13.2 Å². The molecule has 0 spiro atoms. The molecule has 102 valence electrons. The van der Waals surface area contributed by atoms with Gasteiger partial charge in [-0.05, 0) is 19.4 Å². The smallest absolute Gasteiger partial charge is 0.311 e. The van der Waals surface area contributed by atoms with E-state index in [0.29, 0.717) is 19.6 Å². The molecule has 1 aliphatic heterocycles. The van der Waals surface area contributed by atoms with E-state index in [1.165, 1.54) is 12.1 Å². The Hall–Kier alpha value is -2.15. The van der Waals surface area contributed by atoms with Crippen LogP contribution in [0, 0.1) is 10.1 Å². The molecule has 0 radical (unpaired) electrons. The van der Waals surface area contributed by atoms with E-state index < -0.39 is 27.8 Å². The Balaban J connectivity index is 2.24. The van der Waals surface area contributed by atoms with Gasteiger partial charge in [-0.1, -0.05) is 6.07 Å². The van der Waals surface area contributed by atoms with Gasteiger partial charge in [0.25, 0.3) is 5.91 Å². The number of aromatic hydroxyl groups is 1. The lowest BCUT2D eigenvalue weighted by Crippen LogP contribution is -2.46. The van der Waals surface area contributed by atoms with Crippen LogP contribution >= 0.6 is 0 Å². The van der Waals surface area contributed by atoms with Gasteiger partial charge in [0.2, 0.25) is 5.75 Å². The number of carbonyl (C=O) groups excluding carboxylic acids is 1. The Morgan fingerprint density at radius 1 is 1.58 bits per heavy atom. The van der Waals surface area contributed by atoms with Gasteiger partial charge < -0.3 is 15.2 Å². The highest BCUT2D eigenvalue weighted by atomic mass is 16.6. The number of phenols is 1. The van der Waals surface area contributed by atoms with Gasteiger partial charge in [-0.15, -0.1) is 0 Å². The summed E-state index contributed by atoms with van der Waals surface area (Å²) < 4.78 is 5.20. The molecule has 0 unspecified atom stereocenters. The van der Waals surface area contributed by atoms with Crippen molar-refractivity contribution in [2.24, 2.45) is 0 Å². The second kappa shape index (κ2) is 4.85. The molecule has 7 nitrogen and oxygen atoms in total. The van der Waals surface area contributed by atoms with Gasteiger partial charge >= 0.3 is 5.69 Å². The topological polar surface area (TPSA) is 102 Å². The van der Waals surface area contributed by atoms with Crippen LogP contribution in [0.3, 0.4) is 0 Å². The lowest BCUT2D eigenvalue weighted by atomic mass is 10.0. The number of para-hydroxylation sites is 1. The molecule has 2 N–H and O–H groups in total. The monoisotopic (exact) mass is 266 g/mol. The fourth-order valence-electron chi connectivity index (χ4n) is 1.97. The number of benzene rings is 1. The maximum absolute atomic E-state index is 12.1. The molecule has 1 fully saturated rings. The molecule has 1 atom stereocenters. The van der Waals surface area contributed by atoms with Crippen molar-refractivity contribution in [3.05, 3.63) is 33.9 Å². The van der Waals surface area contributed by atoms with Crippen molar-refractivity contribution < 1.29 is 19.6 Å². The third kappa shape index (κ3) is 2.65. The summed E-state index contributed by atoms with van der Waals surface area (Å²) in [6.07, 6.45) is 0.661. The number of nitrogens with zero attached hydrogens (tertiary/aromatic N) is 1. The van der Waals surface area contributed by atoms with Gasteiger partial charge in [0.15, 0.2) is 0 Å². The van der Waals surface area contributed by atoms with Crippen LogP contribution in [-0.2, 0) is 4.74 Å². The van der Waals surface area contributed by atoms with E-state index in [4.69, 9.17) is 4.74 Å². The minimum absolute atomic E-state index is 0.109. The number of phenolic OH excluding ortho intramolecular Hbond substituents is 1. The predicted molar refractivity (Wildman–Crippen MR) is 66.1 cm³/mol. The quantitative estimate of drug-likeness (QED) is 0.632. The van der Waals surface area contributed by atoms with Crippen molar-refractivity contribution in [1.82, 2.24) is 5.32 Å². The number of nitro benzene ring substituents is 1. The summed E-state index contributed by atoms with van der Waals surface area (Å²) in [7, 11) is 0. The summed E-state index contributed by atoms with van der Waals surface area (Å²) in [6, 6.07) is 3.85. The van der Waals surface area contributed by atoms with E-state index >= 15 is 0 Å². The first-order chi connectivity index (χ1) is 8.93. The Bertz CT molecular complexity index is 523. The Kier molecular flexibility index (Phi) is 3.39. The summed E-state index contributed by atoms with van der Waals surface area (Å²) in [5.74, 6) is -1.17. The summed E-state index contributed by atoms with van der Waals surface area (Å²) in [5, 5.41) is 23.2. The molecule has 0 aliphatic carbocycles. The van der Waals surface area contributed by atoms with Crippen molar-refractivity contribution in [2.45, 2.75) is 18.9 Å². The van der Waals surface area contributed by atoms with Crippen LogP contribution in [0.1, 0.15) is 23.7 Å². The second-order valence-corrected chi connectivity index (χ2v) is 4.75. The first-order valence-electron chi connectivity index (χ1n) is 5.79. The zero-order valence-corrected chi connectivity index (χ0v) is 10.4. The molecule has 1 aromatic carbocycles. The summed E-state index contributed by atoms with van der Waals surface area (Å²) in [4.78, 5) is 22.0. The van der Waals surface area contributed by atoms with Crippen LogP contribution in [0.2, 0.25) is 0 Å². The lowest BCUT2D eigenvalue weighted by molar-refractivity contribution is -0.385. The standard InChI is InChI=1S/C12H14N2O5/c1-12(5-6-19-7-12)13-11(16)8-3-2-4-9(10(8)15)14(17)18/h2-4,15H,5-7H2,1H3,(H,13,16)/t12-/m1/s1. The molecule has 0 saturated carbocycles. The number of carbonyl (C=O) groups is 1. The zero-order valence-electron chi connectivity index (χ0n) is 10.4. The van der Waals surface area contributed by atoms with Crippen molar-refractivity contribution in [1.29, 1.82) is 0 Å².